The van der Waals surface area contributed by atoms with Crippen molar-refractivity contribution in [2.45, 2.75) is 32.1 Å². The van der Waals surface area contributed by atoms with Gasteiger partial charge in [-0.2, -0.15) is 5.26 Å². The van der Waals surface area contributed by atoms with Gasteiger partial charge in [0.05, 0.1) is 12.5 Å². The summed E-state index contributed by atoms with van der Waals surface area (Å²) in [5, 5.41) is 9.22. The van der Waals surface area contributed by atoms with Crippen LogP contribution in [0, 0.1) is 11.3 Å². The van der Waals surface area contributed by atoms with E-state index in [0.29, 0.717) is 11.6 Å². The number of nitriles is 1. The molecule has 1 aliphatic rings. The molecular weight excluding hydrogens is 196 g/mol. The van der Waals surface area contributed by atoms with Gasteiger partial charge in [-0.15, -0.1) is 0 Å². The van der Waals surface area contributed by atoms with Crippen molar-refractivity contribution < 1.29 is 0 Å². The summed E-state index contributed by atoms with van der Waals surface area (Å²) in [7, 11) is 0. The van der Waals surface area contributed by atoms with Crippen LogP contribution in [-0.2, 0) is 19.3 Å². The molecule has 1 aromatic rings. The summed E-state index contributed by atoms with van der Waals surface area (Å²) in [4.78, 5) is 4.13. The van der Waals surface area contributed by atoms with Crippen LogP contribution in [-0.4, -0.2) is 4.98 Å². The summed E-state index contributed by atoms with van der Waals surface area (Å²) in [6, 6.07) is 2.15. The Labute approximate surface area is 88.5 Å². The van der Waals surface area contributed by atoms with Crippen LogP contribution in [0.25, 0.3) is 0 Å². The van der Waals surface area contributed by atoms with Crippen LogP contribution in [0.3, 0.4) is 0 Å². The van der Waals surface area contributed by atoms with E-state index >= 15 is 0 Å². The molecule has 0 aromatic carbocycles. The highest BCUT2D eigenvalue weighted by atomic mass is 35.5. The van der Waals surface area contributed by atoms with Gasteiger partial charge in [0.1, 0.15) is 5.15 Å². The molecule has 0 unspecified atom stereocenters. The molecule has 72 valence electrons. The maximum absolute atomic E-state index is 8.71. The van der Waals surface area contributed by atoms with Crippen molar-refractivity contribution in [1.82, 2.24) is 4.98 Å². The number of nitrogens with zero attached hydrogens (tertiary/aromatic N) is 2. The first-order valence-corrected chi connectivity index (χ1v) is 5.23. The first kappa shape index (κ1) is 9.48. The number of aromatic nitrogens is 1. The van der Waals surface area contributed by atoms with E-state index in [-0.39, 0.29) is 0 Å². The van der Waals surface area contributed by atoms with Crippen molar-refractivity contribution in [2.24, 2.45) is 0 Å². The number of rotatable bonds is 1. The van der Waals surface area contributed by atoms with Gasteiger partial charge in [0.25, 0.3) is 0 Å². The molecule has 3 heteroatoms. The standard InChI is InChI=1S/C11H11ClN2/c12-11-10(5-6-13)9-4-2-1-3-8(9)7-14-11/h7H,1-5H2. The van der Waals surface area contributed by atoms with E-state index in [1.54, 1.807) is 0 Å². The lowest BCUT2D eigenvalue weighted by atomic mass is 9.89. The minimum atomic E-state index is 0.384. The smallest absolute Gasteiger partial charge is 0.133 e. The minimum absolute atomic E-state index is 0.384. The zero-order chi connectivity index (χ0) is 9.97. The topological polar surface area (TPSA) is 36.7 Å². The summed E-state index contributed by atoms with van der Waals surface area (Å²) in [6.07, 6.45) is 6.80. The van der Waals surface area contributed by atoms with Gasteiger partial charge in [0, 0.05) is 11.8 Å². The first-order chi connectivity index (χ1) is 6.83. The van der Waals surface area contributed by atoms with Gasteiger partial charge >= 0.3 is 0 Å². The van der Waals surface area contributed by atoms with E-state index in [1.165, 1.54) is 24.0 Å². The largest absolute Gasteiger partial charge is 0.244 e. The molecule has 0 atom stereocenters. The fourth-order valence-electron chi connectivity index (χ4n) is 2.01. The van der Waals surface area contributed by atoms with Gasteiger partial charge in [-0.25, -0.2) is 4.98 Å². The van der Waals surface area contributed by atoms with Gasteiger partial charge in [-0.3, -0.25) is 0 Å². The Balaban J connectivity index is 2.50. The van der Waals surface area contributed by atoms with Gasteiger partial charge < -0.3 is 0 Å². The normalized spacial score (nSPS) is 14.6. The third-order valence-corrected chi connectivity index (χ3v) is 3.04. The molecule has 0 bridgehead atoms. The van der Waals surface area contributed by atoms with Crippen molar-refractivity contribution in [3.8, 4) is 6.07 Å². The van der Waals surface area contributed by atoms with Crippen molar-refractivity contribution in [1.29, 1.82) is 5.26 Å². The Kier molecular flexibility index (Phi) is 2.69. The lowest BCUT2D eigenvalue weighted by Gasteiger charge is -2.18. The Morgan fingerprint density at radius 1 is 1.43 bits per heavy atom. The SMILES string of the molecule is N#CCc1c(Cl)ncc2c1CCCC2. The van der Waals surface area contributed by atoms with Crippen LogP contribution in [0.2, 0.25) is 5.15 Å². The lowest BCUT2D eigenvalue weighted by molar-refractivity contribution is 0.676. The summed E-state index contributed by atoms with van der Waals surface area (Å²) in [6.45, 7) is 0. The summed E-state index contributed by atoms with van der Waals surface area (Å²) >= 11 is 5.98. The number of pyridine rings is 1. The molecule has 0 spiro atoms. The Hall–Kier alpha value is -1.07. The number of hydrogen-bond donors (Lipinski definition) is 0. The maximum Gasteiger partial charge on any atom is 0.133 e. The van der Waals surface area contributed by atoms with Crippen molar-refractivity contribution in [3.63, 3.8) is 0 Å². The zero-order valence-electron chi connectivity index (χ0n) is 7.89. The van der Waals surface area contributed by atoms with E-state index in [0.717, 1.165) is 18.4 Å². The van der Waals surface area contributed by atoms with Crippen molar-refractivity contribution in [3.05, 3.63) is 28.0 Å². The summed E-state index contributed by atoms with van der Waals surface area (Å²) in [5.74, 6) is 0. The Morgan fingerprint density at radius 2 is 2.21 bits per heavy atom. The third-order valence-electron chi connectivity index (χ3n) is 2.71. The predicted octanol–water partition coefficient (Wildman–Crippen LogP) is 2.68. The number of halogens is 1. The van der Waals surface area contributed by atoms with E-state index in [1.807, 2.05) is 6.20 Å². The summed E-state index contributed by atoms with van der Waals surface area (Å²) < 4.78 is 0. The second-order valence-corrected chi connectivity index (χ2v) is 3.93. The van der Waals surface area contributed by atoms with Crippen LogP contribution in [0.5, 0.6) is 0 Å². The molecule has 0 radical (unpaired) electrons. The van der Waals surface area contributed by atoms with Crippen LogP contribution in [0.4, 0.5) is 0 Å². The molecule has 0 amide bonds. The van der Waals surface area contributed by atoms with Crippen LogP contribution in [0.1, 0.15) is 29.5 Å². The minimum Gasteiger partial charge on any atom is -0.244 e. The lowest BCUT2D eigenvalue weighted by Crippen LogP contribution is -2.08. The fourth-order valence-corrected chi connectivity index (χ4v) is 2.24. The second-order valence-electron chi connectivity index (χ2n) is 3.57. The van der Waals surface area contributed by atoms with E-state index in [9.17, 15) is 0 Å². The van der Waals surface area contributed by atoms with Crippen LogP contribution >= 0.6 is 11.6 Å². The molecule has 0 aliphatic heterocycles. The molecule has 0 N–H and O–H groups in total. The maximum atomic E-state index is 8.71. The first-order valence-electron chi connectivity index (χ1n) is 4.85. The predicted molar refractivity (Wildman–Crippen MR) is 55.2 cm³/mol. The molecule has 1 aromatic heterocycles. The summed E-state index contributed by atoms with van der Waals surface area (Å²) in [5.41, 5.74) is 3.51. The number of fused-ring (bicyclic) bond motifs is 1. The van der Waals surface area contributed by atoms with E-state index in [4.69, 9.17) is 16.9 Å². The number of aryl methyl sites for hydroxylation is 1. The molecule has 2 nitrogen and oxygen atoms in total. The molecule has 0 saturated carbocycles. The average molecular weight is 207 g/mol. The highest BCUT2D eigenvalue weighted by molar-refractivity contribution is 6.30. The monoisotopic (exact) mass is 206 g/mol. The van der Waals surface area contributed by atoms with Gasteiger partial charge in [-0.1, -0.05) is 11.6 Å². The van der Waals surface area contributed by atoms with Gasteiger partial charge in [0.15, 0.2) is 0 Å². The molecule has 0 fully saturated rings. The van der Waals surface area contributed by atoms with Crippen molar-refractivity contribution in [2.75, 3.05) is 0 Å². The van der Waals surface area contributed by atoms with Gasteiger partial charge in [0.2, 0.25) is 0 Å². The fraction of sp³-hybridized carbons (Fsp3) is 0.455. The molecule has 2 rings (SSSR count). The molecule has 1 heterocycles. The quantitative estimate of drug-likeness (QED) is 0.663. The zero-order valence-corrected chi connectivity index (χ0v) is 8.64. The number of hydrogen-bond acceptors (Lipinski definition) is 2. The Morgan fingerprint density at radius 3 is 3.00 bits per heavy atom. The average Bonchev–Trinajstić information content (AvgIpc) is 2.23. The second kappa shape index (κ2) is 3.98. The molecule has 0 saturated heterocycles. The van der Waals surface area contributed by atoms with Crippen LogP contribution < -0.4 is 0 Å². The van der Waals surface area contributed by atoms with Crippen LogP contribution in [0.15, 0.2) is 6.20 Å². The van der Waals surface area contributed by atoms with E-state index < -0.39 is 0 Å². The molecule has 14 heavy (non-hydrogen) atoms. The highest BCUT2D eigenvalue weighted by Gasteiger charge is 2.16. The molecular formula is C11H11ClN2. The highest BCUT2D eigenvalue weighted by Crippen LogP contribution is 2.27. The van der Waals surface area contributed by atoms with E-state index in [2.05, 4.69) is 11.1 Å². The molecule has 1 aliphatic carbocycles. The van der Waals surface area contributed by atoms with Gasteiger partial charge in [-0.05, 0) is 36.8 Å². The third kappa shape index (κ3) is 1.60. The Bertz CT molecular complexity index is 393. The van der Waals surface area contributed by atoms with Crippen molar-refractivity contribution >= 4 is 11.6 Å².